The Labute approximate surface area is 176 Å². The van der Waals surface area contributed by atoms with Crippen LogP contribution >= 0.6 is 7.14 Å². The molecular formula is C27H33OP. The Kier molecular flexibility index (Phi) is 6.49. The van der Waals surface area contributed by atoms with Crippen molar-refractivity contribution >= 4 is 7.14 Å². The molecular weight excluding hydrogens is 371 g/mol. The Morgan fingerprint density at radius 3 is 0.862 bits per heavy atom. The first-order chi connectivity index (χ1) is 13.6. The monoisotopic (exact) mass is 404 g/mol. The molecule has 0 amide bonds. The number of benzene rings is 3. The van der Waals surface area contributed by atoms with Crippen molar-refractivity contribution in [3.8, 4) is 0 Å². The molecule has 0 N–H and O–H groups in total. The molecule has 0 spiro atoms. The van der Waals surface area contributed by atoms with E-state index in [2.05, 4.69) is 96.1 Å². The van der Waals surface area contributed by atoms with Crippen molar-refractivity contribution in [2.24, 2.45) is 0 Å². The van der Waals surface area contributed by atoms with Crippen LogP contribution in [0.25, 0.3) is 0 Å². The largest absolute Gasteiger partial charge is 0.323 e. The topological polar surface area (TPSA) is 17.1 Å². The second-order valence-electron chi connectivity index (χ2n) is 9.02. The minimum absolute atomic E-state index is 0.648. The zero-order valence-electron chi connectivity index (χ0n) is 18.7. The summed E-state index contributed by atoms with van der Waals surface area (Å²) in [7, 11) is -2.50. The van der Waals surface area contributed by atoms with E-state index in [-0.39, 0.29) is 0 Å². The van der Waals surface area contributed by atoms with Gasteiger partial charge in [0.1, 0.15) is 7.14 Å². The van der Waals surface area contributed by atoms with Gasteiger partial charge in [-0.3, -0.25) is 0 Å². The van der Waals surface area contributed by atoms with Crippen molar-refractivity contribution in [2.45, 2.75) is 60.0 Å². The van der Waals surface area contributed by atoms with E-state index >= 15 is 0 Å². The van der Waals surface area contributed by atoms with Gasteiger partial charge in [-0.15, -0.1) is 0 Å². The first kappa shape index (κ1) is 21.6. The van der Waals surface area contributed by atoms with Gasteiger partial charge in [-0.1, -0.05) is 88.0 Å². The Balaban J connectivity index is 2.00. The summed E-state index contributed by atoms with van der Waals surface area (Å²) in [4.78, 5) is 0. The number of hydrogen-bond donors (Lipinski definition) is 0. The van der Waals surface area contributed by atoms with Gasteiger partial charge in [-0.2, -0.15) is 0 Å². The average Bonchev–Trinajstić information content (AvgIpc) is 2.50. The molecule has 2 heteroatoms. The molecule has 0 aliphatic heterocycles. The van der Waals surface area contributed by atoms with E-state index in [9.17, 15) is 4.57 Å². The highest BCUT2D eigenvalue weighted by molar-refractivity contribution is 7.61. The van der Waals surface area contributed by atoms with Crippen LogP contribution in [0, 0.1) is 41.5 Å². The second kappa shape index (κ2) is 8.72. The third-order valence-corrected chi connectivity index (χ3v) is 8.08. The second-order valence-corrected chi connectivity index (χ2v) is 12.1. The molecule has 0 aliphatic rings. The predicted octanol–water partition coefficient (Wildman–Crippen LogP) is 7.80. The van der Waals surface area contributed by atoms with Gasteiger partial charge in [-0.05, 0) is 58.2 Å². The van der Waals surface area contributed by atoms with Crippen molar-refractivity contribution in [2.75, 3.05) is 0 Å². The molecule has 152 valence electrons. The lowest BCUT2D eigenvalue weighted by Gasteiger charge is -2.21. The maximum Gasteiger partial charge on any atom is 0.100 e. The molecule has 0 heterocycles. The molecule has 0 saturated heterocycles. The van der Waals surface area contributed by atoms with Crippen molar-refractivity contribution in [1.29, 1.82) is 0 Å². The summed E-state index contributed by atoms with van der Waals surface area (Å²) in [5.41, 5.74) is 11.0. The number of aryl methyl sites for hydroxylation is 6. The molecule has 0 aliphatic carbocycles. The van der Waals surface area contributed by atoms with Crippen LogP contribution in [0.5, 0.6) is 0 Å². The van der Waals surface area contributed by atoms with Crippen molar-refractivity contribution in [3.63, 3.8) is 0 Å². The standard InChI is InChI=1S/C27H33OP/c1-19-7-20(2)11-25(10-19)16-29(28,17-26-12-21(3)8-22(4)13-26)18-27-14-23(5)9-24(6)15-27/h7-15H,16-18H2,1-6H3. The smallest absolute Gasteiger partial charge is 0.100 e. The average molecular weight is 405 g/mol. The maximum absolute atomic E-state index is 14.4. The quantitative estimate of drug-likeness (QED) is 0.383. The highest BCUT2D eigenvalue weighted by atomic mass is 31.2. The Morgan fingerprint density at radius 2 is 0.655 bits per heavy atom. The summed E-state index contributed by atoms with van der Waals surface area (Å²) in [5.74, 6) is 0. The van der Waals surface area contributed by atoms with Crippen molar-refractivity contribution in [1.82, 2.24) is 0 Å². The van der Waals surface area contributed by atoms with Crippen molar-refractivity contribution < 1.29 is 4.57 Å². The Bertz CT molecular complexity index is 880. The molecule has 0 saturated carbocycles. The molecule has 0 radical (unpaired) electrons. The summed E-state index contributed by atoms with van der Waals surface area (Å²) in [6.07, 6.45) is 1.94. The van der Waals surface area contributed by atoms with Gasteiger partial charge in [0.2, 0.25) is 0 Å². The summed E-state index contributed by atoms with van der Waals surface area (Å²) in [5, 5.41) is 0. The van der Waals surface area contributed by atoms with E-state index < -0.39 is 7.14 Å². The third-order valence-electron chi connectivity index (χ3n) is 5.26. The minimum atomic E-state index is -2.50. The van der Waals surface area contributed by atoms with Crippen LogP contribution < -0.4 is 0 Å². The van der Waals surface area contributed by atoms with Gasteiger partial charge in [0.15, 0.2) is 0 Å². The van der Waals surface area contributed by atoms with Crippen molar-refractivity contribution in [3.05, 3.63) is 105 Å². The van der Waals surface area contributed by atoms with E-state index in [0.717, 1.165) is 0 Å². The molecule has 3 aromatic rings. The van der Waals surface area contributed by atoms with Gasteiger partial charge in [-0.25, -0.2) is 0 Å². The summed E-state index contributed by atoms with van der Waals surface area (Å²) < 4.78 is 14.4. The highest BCUT2D eigenvalue weighted by Crippen LogP contribution is 2.55. The zero-order chi connectivity index (χ0) is 21.2. The molecule has 0 atom stereocenters. The molecule has 3 rings (SSSR count). The van der Waals surface area contributed by atoms with Crippen LogP contribution in [-0.4, -0.2) is 0 Å². The van der Waals surface area contributed by atoms with Gasteiger partial charge in [0.05, 0.1) is 0 Å². The minimum Gasteiger partial charge on any atom is -0.323 e. The van der Waals surface area contributed by atoms with Gasteiger partial charge < -0.3 is 4.57 Å². The molecule has 1 nitrogen and oxygen atoms in total. The first-order valence-electron chi connectivity index (χ1n) is 10.4. The lowest BCUT2D eigenvalue weighted by atomic mass is 10.1. The van der Waals surface area contributed by atoms with Crippen LogP contribution in [0.2, 0.25) is 0 Å². The van der Waals surface area contributed by atoms with E-state index in [4.69, 9.17) is 0 Å². The Morgan fingerprint density at radius 1 is 0.448 bits per heavy atom. The van der Waals surface area contributed by atoms with E-state index in [1.165, 1.54) is 50.1 Å². The highest BCUT2D eigenvalue weighted by Gasteiger charge is 2.25. The van der Waals surface area contributed by atoms with Gasteiger partial charge in [0.25, 0.3) is 0 Å². The molecule has 0 unspecified atom stereocenters. The number of rotatable bonds is 6. The van der Waals surface area contributed by atoms with E-state index in [1.807, 2.05) is 0 Å². The van der Waals surface area contributed by atoms with Crippen LogP contribution in [0.15, 0.2) is 54.6 Å². The first-order valence-corrected chi connectivity index (χ1v) is 12.7. The fourth-order valence-corrected chi connectivity index (χ4v) is 7.53. The summed E-state index contributed by atoms with van der Waals surface area (Å²) >= 11 is 0. The van der Waals surface area contributed by atoms with Crippen LogP contribution in [-0.2, 0) is 23.1 Å². The Hall–Kier alpha value is -2.11. The number of hydrogen-bond acceptors (Lipinski definition) is 1. The lowest BCUT2D eigenvalue weighted by Crippen LogP contribution is -2.00. The lowest BCUT2D eigenvalue weighted by molar-refractivity contribution is 0.572. The fourth-order valence-electron chi connectivity index (χ4n) is 4.65. The molecule has 0 aromatic heterocycles. The summed E-state index contributed by atoms with van der Waals surface area (Å²) in [6.45, 7) is 12.7. The van der Waals surface area contributed by atoms with Crippen LogP contribution in [0.1, 0.15) is 50.1 Å². The van der Waals surface area contributed by atoms with E-state index in [0.29, 0.717) is 18.5 Å². The van der Waals surface area contributed by atoms with Gasteiger partial charge >= 0.3 is 0 Å². The van der Waals surface area contributed by atoms with Crippen LogP contribution in [0.4, 0.5) is 0 Å². The normalized spacial score (nSPS) is 11.7. The predicted molar refractivity (Wildman–Crippen MR) is 126 cm³/mol. The summed E-state index contributed by atoms with van der Waals surface area (Å²) in [6, 6.07) is 19.7. The molecule has 29 heavy (non-hydrogen) atoms. The van der Waals surface area contributed by atoms with E-state index in [1.54, 1.807) is 0 Å². The van der Waals surface area contributed by atoms with Crippen LogP contribution in [0.3, 0.4) is 0 Å². The fraction of sp³-hybridized carbons (Fsp3) is 0.333. The zero-order valence-corrected chi connectivity index (χ0v) is 19.6. The third kappa shape index (κ3) is 6.18. The maximum atomic E-state index is 14.4. The van der Waals surface area contributed by atoms with Gasteiger partial charge in [0, 0.05) is 18.5 Å². The molecule has 0 fully saturated rings. The molecule has 0 bridgehead atoms. The molecule has 3 aromatic carbocycles. The SMILES string of the molecule is Cc1cc(C)cc(CP(=O)(Cc2cc(C)cc(C)c2)Cc2cc(C)cc(C)c2)c1.